The molecule has 1 saturated carbocycles. The zero-order chi connectivity index (χ0) is 10.3. The largest absolute Gasteiger partial charge is 0.381 e. The fourth-order valence-corrected chi connectivity index (χ4v) is 3.05. The Morgan fingerprint density at radius 3 is 3.00 bits per heavy atom. The van der Waals surface area contributed by atoms with Crippen molar-refractivity contribution >= 4 is 5.69 Å². The van der Waals surface area contributed by atoms with Crippen molar-refractivity contribution < 1.29 is 0 Å². The second-order valence-electron chi connectivity index (χ2n) is 4.77. The van der Waals surface area contributed by atoms with Crippen LogP contribution in [0.1, 0.15) is 42.7 Å². The average Bonchev–Trinajstić information content (AvgIpc) is 2.66. The molecule has 1 aliphatic heterocycles. The Balaban J connectivity index is 1.98. The second kappa shape index (κ2) is 3.53. The molecule has 0 radical (unpaired) electrons. The maximum absolute atomic E-state index is 5.69. The predicted molar refractivity (Wildman–Crippen MR) is 63.0 cm³/mol. The first-order valence-electron chi connectivity index (χ1n) is 5.98. The maximum atomic E-state index is 5.69. The quantitative estimate of drug-likeness (QED) is 0.734. The van der Waals surface area contributed by atoms with Gasteiger partial charge in [0.25, 0.3) is 0 Å². The molecular weight excluding hydrogens is 184 g/mol. The van der Waals surface area contributed by atoms with E-state index in [4.69, 9.17) is 5.73 Å². The van der Waals surface area contributed by atoms with E-state index < -0.39 is 0 Å². The SMILES string of the molecule is NCc1ccc2c(c1)C1CCCCC1N2. The summed E-state index contributed by atoms with van der Waals surface area (Å²) in [5, 5.41) is 3.65. The van der Waals surface area contributed by atoms with Gasteiger partial charge in [-0.3, -0.25) is 0 Å². The first-order valence-corrected chi connectivity index (χ1v) is 5.98. The molecule has 0 aromatic heterocycles. The van der Waals surface area contributed by atoms with Gasteiger partial charge >= 0.3 is 0 Å². The third kappa shape index (κ3) is 1.44. The van der Waals surface area contributed by atoms with Gasteiger partial charge in [-0.1, -0.05) is 25.0 Å². The lowest BCUT2D eigenvalue weighted by atomic mass is 9.82. The summed E-state index contributed by atoms with van der Waals surface area (Å²) >= 11 is 0. The topological polar surface area (TPSA) is 38.0 Å². The number of nitrogens with two attached hydrogens (primary N) is 1. The molecule has 0 saturated heterocycles. The molecule has 3 N–H and O–H groups in total. The minimum absolute atomic E-state index is 0.657. The third-order valence-electron chi connectivity index (χ3n) is 3.86. The first kappa shape index (κ1) is 9.22. The van der Waals surface area contributed by atoms with E-state index in [-0.39, 0.29) is 0 Å². The number of hydrogen-bond acceptors (Lipinski definition) is 2. The van der Waals surface area contributed by atoms with Gasteiger partial charge in [-0.2, -0.15) is 0 Å². The number of benzene rings is 1. The monoisotopic (exact) mass is 202 g/mol. The predicted octanol–water partition coefficient (Wildman–Crippen LogP) is 2.60. The van der Waals surface area contributed by atoms with E-state index in [1.165, 1.54) is 42.5 Å². The van der Waals surface area contributed by atoms with Crippen molar-refractivity contribution in [1.82, 2.24) is 0 Å². The van der Waals surface area contributed by atoms with Gasteiger partial charge in [0.15, 0.2) is 0 Å². The summed E-state index contributed by atoms with van der Waals surface area (Å²) in [7, 11) is 0. The number of anilines is 1. The molecule has 0 bridgehead atoms. The molecule has 80 valence electrons. The standard InChI is InChI=1S/C13H18N2/c14-8-9-5-6-13-11(7-9)10-3-1-2-4-12(10)15-13/h5-7,10,12,15H,1-4,8,14H2. The Bertz CT molecular complexity index is 373. The van der Waals surface area contributed by atoms with Crippen LogP contribution in [0.4, 0.5) is 5.69 Å². The molecule has 15 heavy (non-hydrogen) atoms. The van der Waals surface area contributed by atoms with Crippen LogP contribution in [-0.2, 0) is 6.54 Å². The molecular formula is C13H18N2. The maximum Gasteiger partial charge on any atom is 0.0378 e. The lowest BCUT2D eigenvalue weighted by Gasteiger charge is -2.25. The average molecular weight is 202 g/mol. The van der Waals surface area contributed by atoms with E-state index in [0.717, 1.165) is 5.92 Å². The summed E-state index contributed by atoms with van der Waals surface area (Å²) in [6.45, 7) is 0.657. The van der Waals surface area contributed by atoms with Crippen LogP contribution < -0.4 is 11.1 Å². The summed E-state index contributed by atoms with van der Waals surface area (Å²) in [6, 6.07) is 7.35. The lowest BCUT2D eigenvalue weighted by molar-refractivity contribution is 0.422. The van der Waals surface area contributed by atoms with Crippen LogP contribution in [0.15, 0.2) is 18.2 Å². The fraction of sp³-hybridized carbons (Fsp3) is 0.538. The summed E-state index contributed by atoms with van der Waals surface area (Å²) in [5.74, 6) is 0.750. The number of nitrogens with one attached hydrogen (secondary N) is 1. The Labute approximate surface area is 90.9 Å². The molecule has 3 rings (SSSR count). The minimum Gasteiger partial charge on any atom is -0.381 e. The summed E-state index contributed by atoms with van der Waals surface area (Å²) in [6.07, 6.45) is 5.44. The highest BCUT2D eigenvalue weighted by atomic mass is 15.0. The Morgan fingerprint density at radius 1 is 1.27 bits per heavy atom. The van der Waals surface area contributed by atoms with E-state index in [2.05, 4.69) is 23.5 Å². The number of fused-ring (bicyclic) bond motifs is 3. The lowest BCUT2D eigenvalue weighted by Crippen LogP contribution is -2.23. The van der Waals surface area contributed by atoms with E-state index in [0.29, 0.717) is 12.6 Å². The molecule has 2 heteroatoms. The van der Waals surface area contributed by atoms with Crippen molar-refractivity contribution in [3.8, 4) is 0 Å². The van der Waals surface area contributed by atoms with Gasteiger partial charge in [0.1, 0.15) is 0 Å². The first-order chi connectivity index (χ1) is 7.38. The Morgan fingerprint density at radius 2 is 2.13 bits per heavy atom. The van der Waals surface area contributed by atoms with Gasteiger partial charge in [0, 0.05) is 24.2 Å². The number of rotatable bonds is 1. The highest BCUT2D eigenvalue weighted by molar-refractivity contribution is 5.60. The molecule has 1 aliphatic carbocycles. The normalized spacial score (nSPS) is 28.1. The molecule has 1 heterocycles. The molecule has 2 atom stereocenters. The van der Waals surface area contributed by atoms with Gasteiger partial charge in [0.2, 0.25) is 0 Å². The molecule has 2 nitrogen and oxygen atoms in total. The van der Waals surface area contributed by atoms with Crippen molar-refractivity contribution in [2.45, 2.75) is 44.2 Å². The van der Waals surface area contributed by atoms with Crippen molar-refractivity contribution in [2.24, 2.45) is 5.73 Å². The zero-order valence-corrected chi connectivity index (χ0v) is 9.00. The van der Waals surface area contributed by atoms with Crippen LogP contribution in [0.5, 0.6) is 0 Å². The molecule has 0 amide bonds. The van der Waals surface area contributed by atoms with E-state index in [1.54, 1.807) is 0 Å². The van der Waals surface area contributed by atoms with Gasteiger partial charge in [-0.25, -0.2) is 0 Å². The Hall–Kier alpha value is -1.02. The molecule has 0 spiro atoms. The van der Waals surface area contributed by atoms with Crippen molar-refractivity contribution in [2.75, 3.05) is 5.32 Å². The van der Waals surface area contributed by atoms with E-state index in [1.807, 2.05) is 0 Å². The van der Waals surface area contributed by atoms with Crippen LogP contribution in [0.25, 0.3) is 0 Å². The van der Waals surface area contributed by atoms with Crippen LogP contribution in [0, 0.1) is 0 Å². The third-order valence-corrected chi connectivity index (χ3v) is 3.86. The van der Waals surface area contributed by atoms with Gasteiger partial charge in [-0.05, 0) is 30.0 Å². The zero-order valence-electron chi connectivity index (χ0n) is 9.00. The van der Waals surface area contributed by atoms with Crippen LogP contribution in [0.2, 0.25) is 0 Å². The van der Waals surface area contributed by atoms with Gasteiger partial charge in [-0.15, -0.1) is 0 Å². The van der Waals surface area contributed by atoms with Crippen LogP contribution in [0.3, 0.4) is 0 Å². The van der Waals surface area contributed by atoms with Gasteiger partial charge in [0.05, 0.1) is 0 Å². The Kier molecular flexibility index (Phi) is 2.17. The fourth-order valence-electron chi connectivity index (χ4n) is 3.05. The van der Waals surface area contributed by atoms with Crippen molar-refractivity contribution in [3.63, 3.8) is 0 Å². The van der Waals surface area contributed by atoms with Crippen LogP contribution in [-0.4, -0.2) is 6.04 Å². The smallest absolute Gasteiger partial charge is 0.0378 e. The molecule has 1 aromatic rings. The highest BCUT2D eigenvalue weighted by Gasteiger charge is 2.33. The van der Waals surface area contributed by atoms with Crippen molar-refractivity contribution in [3.05, 3.63) is 29.3 Å². The van der Waals surface area contributed by atoms with Crippen LogP contribution >= 0.6 is 0 Å². The molecule has 1 aromatic carbocycles. The molecule has 2 unspecified atom stereocenters. The summed E-state index contributed by atoms with van der Waals surface area (Å²) < 4.78 is 0. The molecule has 1 fully saturated rings. The highest BCUT2D eigenvalue weighted by Crippen LogP contribution is 2.43. The minimum atomic E-state index is 0.657. The van der Waals surface area contributed by atoms with E-state index in [9.17, 15) is 0 Å². The van der Waals surface area contributed by atoms with Crippen molar-refractivity contribution in [1.29, 1.82) is 0 Å². The number of hydrogen-bond donors (Lipinski definition) is 2. The van der Waals surface area contributed by atoms with E-state index >= 15 is 0 Å². The summed E-state index contributed by atoms with van der Waals surface area (Å²) in [5.41, 5.74) is 9.82. The summed E-state index contributed by atoms with van der Waals surface area (Å²) in [4.78, 5) is 0. The molecule has 2 aliphatic rings. The van der Waals surface area contributed by atoms with Gasteiger partial charge < -0.3 is 11.1 Å². The second-order valence-corrected chi connectivity index (χ2v) is 4.77.